The normalized spacial score (nSPS) is 21.3. The molecule has 0 saturated carbocycles. The second-order valence-electron chi connectivity index (χ2n) is 9.66. The summed E-state index contributed by atoms with van der Waals surface area (Å²) in [5.41, 5.74) is 2.11. The Kier molecular flexibility index (Phi) is 7.19. The third-order valence-corrected chi connectivity index (χ3v) is 7.11. The Hall–Kier alpha value is -2.80. The van der Waals surface area contributed by atoms with E-state index in [4.69, 9.17) is 9.47 Å². The number of benzene rings is 2. The lowest BCUT2D eigenvalue weighted by Crippen LogP contribution is -2.48. The zero-order valence-corrected chi connectivity index (χ0v) is 19.7. The lowest BCUT2D eigenvalue weighted by atomic mass is 10.0. The molecule has 0 aromatic heterocycles. The quantitative estimate of drug-likeness (QED) is 0.674. The molecule has 182 valence electrons. The number of ether oxygens (including phenoxy) is 2. The Bertz CT molecular complexity index is 978. The number of carbonyl (C=O) groups is 1. The van der Waals surface area contributed by atoms with E-state index in [-0.39, 0.29) is 23.7 Å². The molecule has 3 aliphatic rings. The van der Waals surface area contributed by atoms with Crippen LogP contribution in [0.5, 0.6) is 11.5 Å². The fourth-order valence-corrected chi connectivity index (χ4v) is 5.29. The van der Waals surface area contributed by atoms with Gasteiger partial charge in [-0.1, -0.05) is 12.5 Å². The van der Waals surface area contributed by atoms with Gasteiger partial charge >= 0.3 is 0 Å². The summed E-state index contributed by atoms with van der Waals surface area (Å²) in [7, 11) is 0. The van der Waals surface area contributed by atoms with Crippen LogP contribution in [-0.2, 0) is 11.2 Å². The van der Waals surface area contributed by atoms with Crippen molar-refractivity contribution in [3.8, 4) is 11.5 Å². The maximum absolute atomic E-state index is 13.3. The van der Waals surface area contributed by atoms with E-state index >= 15 is 0 Å². The van der Waals surface area contributed by atoms with Gasteiger partial charge < -0.3 is 24.6 Å². The molecule has 2 atom stereocenters. The fraction of sp³-hybridized carbons (Fsp3) is 0.519. The van der Waals surface area contributed by atoms with E-state index in [0.717, 1.165) is 61.8 Å². The highest BCUT2D eigenvalue weighted by molar-refractivity contribution is 5.80. The average molecular weight is 468 g/mol. The Labute approximate surface area is 201 Å². The molecule has 2 aromatic carbocycles. The van der Waals surface area contributed by atoms with Crippen molar-refractivity contribution in [2.45, 2.75) is 38.1 Å². The second-order valence-corrected chi connectivity index (χ2v) is 9.66. The van der Waals surface area contributed by atoms with Crippen LogP contribution in [0.1, 0.15) is 31.2 Å². The summed E-state index contributed by atoms with van der Waals surface area (Å²) in [6.07, 6.45) is 5.30. The number of hydrogen-bond acceptors (Lipinski definition) is 5. The summed E-state index contributed by atoms with van der Waals surface area (Å²) in [5.74, 6) is 1.39. The van der Waals surface area contributed by atoms with E-state index in [1.165, 1.54) is 31.4 Å². The van der Waals surface area contributed by atoms with Gasteiger partial charge in [0.2, 0.25) is 5.91 Å². The van der Waals surface area contributed by atoms with Gasteiger partial charge in [0.15, 0.2) is 11.5 Å². The van der Waals surface area contributed by atoms with Crippen LogP contribution in [-0.4, -0.2) is 62.8 Å². The summed E-state index contributed by atoms with van der Waals surface area (Å²) in [5, 5.41) is 3.38. The smallest absolute Gasteiger partial charge is 0.225 e. The molecule has 0 aliphatic carbocycles. The van der Waals surface area contributed by atoms with E-state index in [9.17, 15) is 9.18 Å². The molecule has 0 spiro atoms. The molecule has 0 bridgehead atoms. The molecule has 0 radical (unpaired) electrons. The van der Waals surface area contributed by atoms with Crippen LogP contribution in [0.25, 0.3) is 0 Å². The van der Waals surface area contributed by atoms with Crippen molar-refractivity contribution in [1.29, 1.82) is 0 Å². The molecule has 3 heterocycles. The van der Waals surface area contributed by atoms with Gasteiger partial charge in [0.1, 0.15) is 19.0 Å². The first-order valence-corrected chi connectivity index (χ1v) is 12.6. The summed E-state index contributed by atoms with van der Waals surface area (Å²) in [6.45, 7) is 5.66. The molecule has 2 fully saturated rings. The van der Waals surface area contributed by atoms with Gasteiger partial charge in [-0.2, -0.15) is 0 Å². The molecule has 6 nitrogen and oxygen atoms in total. The van der Waals surface area contributed by atoms with Gasteiger partial charge in [-0.25, -0.2) is 4.39 Å². The predicted molar refractivity (Wildman–Crippen MR) is 130 cm³/mol. The van der Waals surface area contributed by atoms with Crippen molar-refractivity contribution in [2.75, 3.05) is 50.8 Å². The minimum absolute atomic E-state index is 0.0352. The average Bonchev–Trinajstić information content (AvgIpc) is 3.36. The summed E-state index contributed by atoms with van der Waals surface area (Å²) in [4.78, 5) is 17.9. The van der Waals surface area contributed by atoms with Crippen LogP contribution in [0.4, 0.5) is 10.1 Å². The second kappa shape index (κ2) is 10.6. The van der Waals surface area contributed by atoms with Gasteiger partial charge in [-0.05, 0) is 80.7 Å². The Morgan fingerprint density at radius 2 is 1.76 bits per heavy atom. The highest BCUT2D eigenvalue weighted by Crippen LogP contribution is 2.31. The van der Waals surface area contributed by atoms with Gasteiger partial charge in [-0.3, -0.25) is 4.79 Å². The van der Waals surface area contributed by atoms with Gasteiger partial charge in [0, 0.05) is 31.4 Å². The van der Waals surface area contributed by atoms with Gasteiger partial charge in [-0.15, -0.1) is 0 Å². The summed E-state index contributed by atoms with van der Waals surface area (Å²) < 4.78 is 24.7. The maximum Gasteiger partial charge on any atom is 0.225 e. The first-order chi connectivity index (χ1) is 16.6. The van der Waals surface area contributed by atoms with Gasteiger partial charge in [0.05, 0.1) is 5.92 Å². The molecule has 2 aromatic rings. The van der Waals surface area contributed by atoms with Crippen LogP contribution < -0.4 is 19.7 Å². The summed E-state index contributed by atoms with van der Waals surface area (Å²) in [6, 6.07) is 12.7. The summed E-state index contributed by atoms with van der Waals surface area (Å²) >= 11 is 0. The van der Waals surface area contributed by atoms with Crippen molar-refractivity contribution in [3.63, 3.8) is 0 Å². The number of fused-ring (bicyclic) bond motifs is 1. The van der Waals surface area contributed by atoms with E-state index in [0.29, 0.717) is 19.8 Å². The van der Waals surface area contributed by atoms with Crippen molar-refractivity contribution in [2.24, 2.45) is 5.92 Å². The van der Waals surface area contributed by atoms with Crippen LogP contribution in [0.3, 0.4) is 0 Å². The van der Waals surface area contributed by atoms with Gasteiger partial charge in [0.25, 0.3) is 0 Å². The molecule has 2 saturated heterocycles. The number of nitrogens with one attached hydrogen (secondary N) is 1. The first-order valence-electron chi connectivity index (χ1n) is 12.6. The molecular weight excluding hydrogens is 433 g/mol. The molecule has 5 rings (SSSR count). The zero-order chi connectivity index (χ0) is 23.3. The maximum atomic E-state index is 13.3. The van der Waals surface area contributed by atoms with Crippen molar-refractivity contribution in [1.82, 2.24) is 10.2 Å². The van der Waals surface area contributed by atoms with E-state index in [1.807, 2.05) is 6.07 Å². The SMILES string of the molecule is O=C(NC(Cc1ccc2c(c1)OCCO2)CN1CCCCC1)[C@@H]1CCN(c2ccc(F)cc2)C1. The number of nitrogens with zero attached hydrogens (tertiary/aromatic N) is 2. The van der Waals surface area contributed by atoms with E-state index < -0.39 is 0 Å². The van der Waals surface area contributed by atoms with Crippen LogP contribution in [0.2, 0.25) is 0 Å². The van der Waals surface area contributed by atoms with E-state index in [2.05, 4.69) is 27.2 Å². The number of piperidine rings is 1. The molecular formula is C27H34FN3O3. The van der Waals surface area contributed by atoms with Crippen LogP contribution in [0, 0.1) is 11.7 Å². The molecule has 1 amide bonds. The standard InChI is InChI=1S/C27H34FN3O3/c28-22-5-7-24(8-6-22)31-13-10-21(18-31)27(32)29-23(19-30-11-2-1-3-12-30)16-20-4-9-25-26(17-20)34-15-14-33-25/h4-9,17,21,23H,1-3,10-16,18-19H2,(H,29,32)/t21-,23?/m1/s1. The Morgan fingerprint density at radius 3 is 2.56 bits per heavy atom. The molecule has 34 heavy (non-hydrogen) atoms. The number of likely N-dealkylation sites (tertiary alicyclic amines) is 1. The van der Waals surface area contributed by atoms with Crippen LogP contribution >= 0.6 is 0 Å². The molecule has 7 heteroatoms. The molecule has 3 aliphatic heterocycles. The number of anilines is 1. The van der Waals surface area contributed by atoms with Crippen molar-refractivity contribution < 1.29 is 18.7 Å². The third-order valence-electron chi connectivity index (χ3n) is 7.11. The number of hydrogen-bond donors (Lipinski definition) is 1. The Balaban J connectivity index is 1.24. The highest BCUT2D eigenvalue weighted by Gasteiger charge is 2.30. The van der Waals surface area contributed by atoms with E-state index in [1.54, 1.807) is 12.1 Å². The Morgan fingerprint density at radius 1 is 1.00 bits per heavy atom. The lowest BCUT2D eigenvalue weighted by molar-refractivity contribution is -0.125. The lowest BCUT2D eigenvalue weighted by Gasteiger charge is -2.31. The minimum atomic E-state index is -0.239. The fourth-order valence-electron chi connectivity index (χ4n) is 5.29. The predicted octanol–water partition coefficient (Wildman–Crippen LogP) is 3.64. The van der Waals surface area contributed by atoms with Crippen LogP contribution in [0.15, 0.2) is 42.5 Å². The van der Waals surface area contributed by atoms with Crippen molar-refractivity contribution >= 4 is 11.6 Å². The topological polar surface area (TPSA) is 54.0 Å². The largest absolute Gasteiger partial charge is 0.486 e. The molecule has 1 N–H and O–H groups in total. The number of carbonyl (C=O) groups excluding carboxylic acids is 1. The molecule has 1 unspecified atom stereocenters. The van der Waals surface area contributed by atoms with Crippen molar-refractivity contribution in [3.05, 3.63) is 53.8 Å². The monoisotopic (exact) mass is 467 g/mol. The minimum Gasteiger partial charge on any atom is -0.486 e. The highest BCUT2D eigenvalue weighted by atomic mass is 19.1. The number of amides is 1. The number of rotatable bonds is 7. The zero-order valence-electron chi connectivity index (χ0n) is 19.7. The first kappa shape index (κ1) is 23.0. The third kappa shape index (κ3) is 5.63. The number of halogens is 1.